The van der Waals surface area contributed by atoms with Gasteiger partial charge >= 0.3 is 0 Å². The molecule has 0 radical (unpaired) electrons. The molecule has 0 aromatic heterocycles. The first-order valence-corrected chi connectivity index (χ1v) is 5.19. The Balaban J connectivity index is 3.04. The van der Waals surface area contributed by atoms with Crippen molar-refractivity contribution < 1.29 is 5.11 Å². The van der Waals surface area contributed by atoms with Gasteiger partial charge in [0.2, 0.25) is 0 Å². The van der Waals surface area contributed by atoms with E-state index in [1.54, 1.807) is 12.2 Å². The molecule has 0 saturated heterocycles. The SMILES string of the molecule is C=Cc1c(C=C)c(O)c2ccccc2c1C. The predicted octanol–water partition coefficient (Wildman–Crippen LogP) is 4.14. The van der Waals surface area contributed by atoms with Crippen LogP contribution in [-0.4, -0.2) is 5.11 Å². The molecule has 0 unspecified atom stereocenters. The van der Waals surface area contributed by atoms with Crippen LogP contribution in [0.4, 0.5) is 0 Å². The van der Waals surface area contributed by atoms with E-state index in [1.807, 2.05) is 31.2 Å². The van der Waals surface area contributed by atoms with Gasteiger partial charge in [-0.2, -0.15) is 0 Å². The number of hydrogen-bond acceptors (Lipinski definition) is 1. The Kier molecular flexibility index (Phi) is 2.53. The third-order valence-electron chi connectivity index (χ3n) is 2.94. The number of rotatable bonds is 2. The maximum Gasteiger partial charge on any atom is 0.131 e. The van der Waals surface area contributed by atoms with Gasteiger partial charge in [-0.15, -0.1) is 0 Å². The Bertz CT molecular complexity index is 527. The quantitative estimate of drug-likeness (QED) is 0.789. The van der Waals surface area contributed by atoms with Crippen LogP contribution >= 0.6 is 0 Å². The van der Waals surface area contributed by atoms with E-state index in [0.29, 0.717) is 0 Å². The molecule has 0 saturated carbocycles. The van der Waals surface area contributed by atoms with Gasteiger partial charge in [0.1, 0.15) is 5.75 Å². The van der Waals surface area contributed by atoms with Crippen LogP contribution in [0.25, 0.3) is 22.9 Å². The van der Waals surface area contributed by atoms with Gasteiger partial charge in [0.05, 0.1) is 0 Å². The standard InChI is InChI=1S/C15H14O/c1-4-11-10(3)13-8-6-7-9-14(13)15(16)12(11)5-2/h4-9,16H,1-2H2,3H3. The summed E-state index contributed by atoms with van der Waals surface area (Å²) in [6.07, 6.45) is 3.43. The molecular formula is C15H14O. The zero-order valence-electron chi connectivity index (χ0n) is 9.33. The first-order chi connectivity index (χ1) is 7.70. The van der Waals surface area contributed by atoms with Crippen LogP contribution in [-0.2, 0) is 0 Å². The Hall–Kier alpha value is -2.02. The van der Waals surface area contributed by atoms with Gasteiger partial charge in [-0.1, -0.05) is 49.6 Å². The van der Waals surface area contributed by atoms with E-state index in [9.17, 15) is 5.11 Å². The summed E-state index contributed by atoms with van der Waals surface area (Å²) in [5.41, 5.74) is 2.83. The predicted molar refractivity (Wildman–Crippen MR) is 70.5 cm³/mol. The molecule has 0 aliphatic rings. The van der Waals surface area contributed by atoms with Crippen molar-refractivity contribution in [1.29, 1.82) is 0 Å². The zero-order chi connectivity index (χ0) is 11.7. The van der Waals surface area contributed by atoms with Crippen molar-refractivity contribution in [3.63, 3.8) is 0 Å². The third kappa shape index (κ3) is 1.33. The fraction of sp³-hybridized carbons (Fsp3) is 0.0667. The number of benzene rings is 2. The lowest BCUT2D eigenvalue weighted by Gasteiger charge is -2.12. The lowest BCUT2D eigenvalue weighted by Crippen LogP contribution is -1.90. The number of aromatic hydroxyl groups is 1. The van der Waals surface area contributed by atoms with Gasteiger partial charge < -0.3 is 5.11 Å². The van der Waals surface area contributed by atoms with E-state index in [-0.39, 0.29) is 5.75 Å². The molecule has 16 heavy (non-hydrogen) atoms. The van der Waals surface area contributed by atoms with Gasteiger partial charge in [0, 0.05) is 10.9 Å². The molecule has 0 fully saturated rings. The molecule has 1 heteroatoms. The molecule has 80 valence electrons. The van der Waals surface area contributed by atoms with Crippen LogP contribution in [0.15, 0.2) is 37.4 Å². The monoisotopic (exact) mass is 210 g/mol. The summed E-state index contributed by atoms with van der Waals surface area (Å²) in [4.78, 5) is 0. The van der Waals surface area contributed by atoms with Crippen molar-refractivity contribution in [2.75, 3.05) is 0 Å². The fourth-order valence-corrected chi connectivity index (χ4v) is 2.11. The maximum atomic E-state index is 10.2. The molecule has 0 spiro atoms. The second-order valence-electron chi connectivity index (χ2n) is 3.75. The normalized spacial score (nSPS) is 10.3. The van der Waals surface area contributed by atoms with Crippen molar-refractivity contribution in [3.8, 4) is 5.75 Å². The summed E-state index contributed by atoms with van der Waals surface area (Å²) in [6.45, 7) is 9.56. The number of phenolic OH excluding ortho intramolecular Hbond substituents is 1. The molecule has 1 N–H and O–H groups in total. The number of fused-ring (bicyclic) bond motifs is 1. The third-order valence-corrected chi connectivity index (χ3v) is 2.94. The summed E-state index contributed by atoms with van der Waals surface area (Å²) in [7, 11) is 0. The van der Waals surface area contributed by atoms with Crippen LogP contribution in [0, 0.1) is 6.92 Å². The van der Waals surface area contributed by atoms with E-state index < -0.39 is 0 Å². The molecule has 0 aliphatic heterocycles. The Morgan fingerprint density at radius 2 is 1.56 bits per heavy atom. The van der Waals surface area contributed by atoms with Crippen LogP contribution < -0.4 is 0 Å². The minimum absolute atomic E-state index is 0.283. The number of phenols is 1. The summed E-state index contributed by atoms with van der Waals surface area (Å²) in [5, 5.41) is 12.1. The summed E-state index contributed by atoms with van der Waals surface area (Å²) in [5.74, 6) is 0.283. The molecule has 0 bridgehead atoms. The minimum atomic E-state index is 0.283. The van der Waals surface area contributed by atoms with E-state index in [1.165, 1.54) is 0 Å². The molecule has 2 aromatic rings. The largest absolute Gasteiger partial charge is 0.507 e. The van der Waals surface area contributed by atoms with Gasteiger partial charge in [-0.3, -0.25) is 0 Å². The van der Waals surface area contributed by atoms with Crippen molar-refractivity contribution in [2.24, 2.45) is 0 Å². The number of aryl methyl sites for hydroxylation is 1. The molecule has 0 amide bonds. The fourth-order valence-electron chi connectivity index (χ4n) is 2.11. The zero-order valence-corrected chi connectivity index (χ0v) is 9.33. The van der Waals surface area contributed by atoms with Gasteiger partial charge in [0.15, 0.2) is 0 Å². The molecule has 0 heterocycles. The first kappa shape index (κ1) is 10.5. The Labute approximate surface area is 95.4 Å². The summed E-state index contributed by atoms with van der Waals surface area (Å²) < 4.78 is 0. The number of hydrogen-bond donors (Lipinski definition) is 1. The van der Waals surface area contributed by atoms with Crippen LogP contribution in [0.2, 0.25) is 0 Å². The van der Waals surface area contributed by atoms with Gasteiger partial charge in [-0.05, 0) is 23.4 Å². The van der Waals surface area contributed by atoms with Crippen LogP contribution in [0.5, 0.6) is 5.75 Å². The van der Waals surface area contributed by atoms with Crippen molar-refractivity contribution >= 4 is 22.9 Å². The average Bonchev–Trinajstić information content (AvgIpc) is 2.33. The smallest absolute Gasteiger partial charge is 0.131 e. The highest BCUT2D eigenvalue weighted by Gasteiger charge is 2.11. The first-order valence-electron chi connectivity index (χ1n) is 5.19. The van der Waals surface area contributed by atoms with Crippen LogP contribution in [0.1, 0.15) is 16.7 Å². The second kappa shape index (κ2) is 3.86. The highest BCUT2D eigenvalue weighted by Crippen LogP contribution is 2.36. The van der Waals surface area contributed by atoms with E-state index >= 15 is 0 Å². The van der Waals surface area contributed by atoms with Crippen LogP contribution in [0.3, 0.4) is 0 Å². The molecule has 0 atom stereocenters. The highest BCUT2D eigenvalue weighted by atomic mass is 16.3. The Morgan fingerprint density at radius 3 is 2.12 bits per heavy atom. The molecular weight excluding hydrogens is 196 g/mol. The summed E-state index contributed by atoms with van der Waals surface area (Å²) in [6, 6.07) is 7.80. The van der Waals surface area contributed by atoms with E-state index in [2.05, 4.69) is 13.2 Å². The topological polar surface area (TPSA) is 20.2 Å². The van der Waals surface area contributed by atoms with E-state index in [4.69, 9.17) is 0 Å². The lowest BCUT2D eigenvalue weighted by molar-refractivity contribution is 0.480. The van der Waals surface area contributed by atoms with Gasteiger partial charge in [-0.25, -0.2) is 0 Å². The summed E-state index contributed by atoms with van der Waals surface area (Å²) >= 11 is 0. The van der Waals surface area contributed by atoms with Crippen molar-refractivity contribution in [1.82, 2.24) is 0 Å². The Morgan fingerprint density at radius 1 is 1.00 bits per heavy atom. The minimum Gasteiger partial charge on any atom is -0.507 e. The molecule has 2 aromatic carbocycles. The lowest BCUT2D eigenvalue weighted by atomic mass is 9.94. The van der Waals surface area contributed by atoms with Gasteiger partial charge in [0.25, 0.3) is 0 Å². The second-order valence-corrected chi connectivity index (χ2v) is 3.75. The highest BCUT2D eigenvalue weighted by molar-refractivity contribution is 5.97. The molecule has 0 aliphatic carbocycles. The average molecular weight is 210 g/mol. The van der Waals surface area contributed by atoms with Crippen molar-refractivity contribution in [2.45, 2.75) is 6.92 Å². The molecule has 2 rings (SSSR count). The van der Waals surface area contributed by atoms with Crippen molar-refractivity contribution in [3.05, 3.63) is 54.1 Å². The van der Waals surface area contributed by atoms with E-state index in [0.717, 1.165) is 27.5 Å². The molecule has 1 nitrogen and oxygen atoms in total. The maximum absolute atomic E-state index is 10.2.